The number of nitrogens with zero attached hydrogens (tertiary/aromatic N) is 2. The Balaban J connectivity index is 2.17. The maximum Gasteiger partial charge on any atom is 0.252 e. The molecule has 0 radical (unpaired) electrons. The zero-order valence-corrected chi connectivity index (χ0v) is 11.2. The standard InChI is InChI=1S/C15H18N4O/c16-9-11-5-3-7-19(11)15-12(14(17)20)8-10-4-1-2-6-13(10)18-15/h1-2,4,6,8,11H,3,5,7,9,16H2,(H2,17,20). The van der Waals surface area contributed by atoms with Crippen molar-refractivity contribution in [3.05, 3.63) is 35.9 Å². The molecule has 1 atom stereocenters. The summed E-state index contributed by atoms with van der Waals surface area (Å²) in [6, 6.07) is 9.80. The third-order valence-electron chi connectivity index (χ3n) is 3.89. The molecule has 1 amide bonds. The number of hydrogen-bond acceptors (Lipinski definition) is 4. The Hall–Kier alpha value is -2.14. The van der Waals surface area contributed by atoms with Crippen molar-refractivity contribution in [1.82, 2.24) is 4.98 Å². The Labute approximate surface area is 117 Å². The van der Waals surface area contributed by atoms with Crippen LogP contribution < -0.4 is 16.4 Å². The molecule has 0 saturated carbocycles. The number of primary amides is 1. The summed E-state index contributed by atoms with van der Waals surface area (Å²) in [6.07, 6.45) is 2.10. The molecule has 1 aromatic carbocycles. The van der Waals surface area contributed by atoms with Crippen molar-refractivity contribution < 1.29 is 4.79 Å². The fraction of sp³-hybridized carbons (Fsp3) is 0.333. The predicted molar refractivity (Wildman–Crippen MR) is 79.7 cm³/mol. The Bertz CT molecular complexity index is 655. The van der Waals surface area contributed by atoms with Crippen LogP contribution in [0.25, 0.3) is 10.9 Å². The van der Waals surface area contributed by atoms with Crippen LogP contribution in [0.5, 0.6) is 0 Å². The summed E-state index contributed by atoms with van der Waals surface area (Å²) in [4.78, 5) is 18.5. The van der Waals surface area contributed by atoms with Crippen LogP contribution in [-0.2, 0) is 0 Å². The Morgan fingerprint density at radius 2 is 2.20 bits per heavy atom. The van der Waals surface area contributed by atoms with Crippen LogP contribution in [0.2, 0.25) is 0 Å². The summed E-state index contributed by atoms with van der Waals surface area (Å²) < 4.78 is 0. The zero-order valence-electron chi connectivity index (χ0n) is 11.2. The number of nitrogens with two attached hydrogens (primary N) is 2. The lowest BCUT2D eigenvalue weighted by Crippen LogP contribution is -2.37. The number of pyridine rings is 1. The molecular weight excluding hydrogens is 252 g/mol. The van der Waals surface area contributed by atoms with Gasteiger partial charge in [0.2, 0.25) is 0 Å². The van der Waals surface area contributed by atoms with E-state index in [9.17, 15) is 4.79 Å². The number of carbonyl (C=O) groups is 1. The largest absolute Gasteiger partial charge is 0.365 e. The van der Waals surface area contributed by atoms with Gasteiger partial charge >= 0.3 is 0 Å². The molecule has 1 unspecified atom stereocenters. The number of aromatic nitrogens is 1. The van der Waals surface area contributed by atoms with Crippen molar-refractivity contribution in [2.24, 2.45) is 11.5 Å². The summed E-state index contributed by atoms with van der Waals surface area (Å²) >= 11 is 0. The summed E-state index contributed by atoms with van der Waals surface area (Å²) in [5.74, 6) is 0.227. The van der Waals surface area contributed by atoms with E-state index in [1.165, 1.54) is 0 Å². The molecule has 4 N–H and O–H groups in total. The highest BCUT2D eigenvalue weighted by atomic mass is 16.1. The second-order valence-corrected chi connectivity index (χ2v) is 5.14. The highest BCUT2D eigenvalue weighted by molar-refractivity contribution is 6.01. The molecule has 2 heterocycles. The molecule has 0 aliphatic carbocycles. The molecule has 0 bridgehead atoms. The second-order valence-electron chi connectivity index (χ2n) is 5.14. The minimum Gasteiger partial charge on any atom is -0.365 e. The first kappa shape index (κ1) is 12.9. The molecule has 5 nitrogen and oxygen atoms in total. The van der Waals surface area contributed by atoms with E-state index in [1.54, 1.807) is 0 Å². The molecular formula is C15H18N4O. The average Bonchev–Trinajstić information content (AvgIpc) is 2.94. The van der Waals surface area contributed by atoms with Gasteiger partial charge < -0.3 is 16.4 Å². The molecule has 3 rings (SSSR count). The highest BCUT2D eigenvalue weighted by Gasteiger charge is 2.27. The molecule has 1 aliphatic heterocycles. The van der Waals surface area contributed by atoms with Crippen molar-refractivity contribution in [3.8, 4) is 0 Å². The molecule has 5 heteroatoms. The number of anilines is 1. The van der Waals surface area contributed by atoms with Gasteiger partial charge in [0, 0.05) is 24.5 Å². The summed E-state index contributed by atoms with van der Waals surface area (Å²) in [7, 11) is 0. The van der Waals surface area contributed by atoms with Gasteiger partial charge in [-0.05, 0) is 25.0 Å². The molecule has 1 aliphatic rings. The van der Waals surface area contributed by atoms with Gasteiger partial charge in [-0.25, -0.2) is 4.98 Å². The first-order valence-corrected chi connectivity index (χ1v) is 6.87. The molecule has 0 spiro atoms. The maximum atomic E-state index is 11.7. The number of amides is 1. The van der Waals surface area contributed by atoms with Gasteiger partial charge in [0.25, 0.3) is 5.91 Å². The molecule has 1 saturated heterocycles. The monoisotopic (exact) mass is 270 g/mol. The second kappa shape index (κ2) is 5.09. The summed E-state index contributed by atoms with van der Waals surface area (Å²) in [5, 5.41) is 0.925. The van der Waals surface area contributed by atoms with Crippen LogP contribution in [0.3, 0.4) is 0 Å². The van der Waals surface area contributed by atoms with Crippen molar-refractivity contribution in [2.75, 3.05) is 18.0 Å². The number of fused-ring (bicyclic) bond motifs is 1. The van der Waals surface area contributed by atoms with E-state index in [1.807, 2.05) is 30.3 Å². The van der Waals surface area contributed by atoms with Gasteiger partial charge in [-0.2, -0.15) is 0 Å². The minimum absolute atomic E-state index is 0.238. The summed E-state index contributed by atoms with van der Waals surface area (Å²) in [6.45, 7) is 1.43. The number of carbonyl (C=O) groups excluding carboxylic acids is 1. The topological polar surface area (TPSA) is 85.2 Å². The first-order valence-electron chi connectivity index (χ1n) is 6.87. The lowest BCUT2D eigenvalue weighted by molar-refractivity contribution is 0.100. The van der Waals surface area contributed by atoms with Crippen LogP contribution in [0.1, 0.15) is 23.2 Å². The lowest BCUT2D eigenvalue weighted by Gasteiger charge is -2.26. The van der Waals surface area contributed by atoms with Gasteiger partial charge in [-0.3, -0.25) is 4.79 Å². The van der Waals surface area contributed by atoms with Crippen molar-refractivity contribution >= 4 is 22.6 Å². The molecule has 1 fully saturated rings. The van der Waals surface area contributed by atoms with E-state index in [-0.39, 0.29) is 6.04 Å². The lowest BCUT2D eigenvalue weighted by atomic mass is 10.1. The maximum absolute atomic E-state index is 11.7. The Morgan fingerprint density at radius 3 is 2.95 bits per heavy atom. The van der Waals surface area contributed by atoms with E-state index in [4.69, 9.17) is 11.5 Å². The number of para-hydroxylation sites is 1. The van der Waals surface area contributed by atoms with E-state index in [0.29, 0.717) is 17.9 Å². The van der Waals surface area contributed by atoms with Gasteiger partial charge in [0.05, 0.1) is 11.1 Å². The number of benzene rings is 1. The van der Waals surface area contributed by atoms with Crippen LogP contribution in [0.15, 0.2) is 30.3 Å². The third kappa shape index (κ3) is 2.10. The van der Waals surface area contributed by atoms with Crippen LogP contribution in [-0.4, -0.2) is 30.0 Å². The molecule has 1 aromatic heterocycles. The van der Waals surface area contributed by atoms with E-state index in [0.717, 1.165) is 30.3 Å². The van der Waals surface area contributed by atoms with Crippen LogP contribution >= 0.6 is 0 Å². The van der Waals surface area contributed by atoms with E-state index < -0.39 is 5.91 Å². The van der Waals surface area contributed by atoms with Crippen molar-refractivity contribution in [3.63, 3.8) is 0 Å². The molecule has 2 aromatic rings. The van der Waals surface area contributed by atoms with E-state index >= 15 is 0 Å². The third-order valence-corrected chi connectivity index (χ3v) is 3.89. The Kier molecular flexibility index (Phi) is 3.28. The van der Waals surface area contributed by atoms with Crippen LogP contribution in [0.4, 0.5) is 5.82 Å². The molecule has 20 heavy (non-hydrogen) atoms. The van der Waals surface area contributed by atoms with Crippen molar-refractivity contribution in [1.29, 1.82) is 0 Å². The van der Waals surface area contributed by atoms with Gasteiger partial charge in [-0.15, -0.1) is 0 Å². The Morgan fingerprint density at radius 1 is 1.40 bits per heavy atom. The predicted octanol–water partition coefficient (Wildman–Crippen LogP) is 1.26. The van der Waals surface area contributed by atoms with E-state index in [2.05, 4.69) is 9.88 Å². The fourth-order valence-corrected chi connectivity index (χ4v) is 2.87. The normalized spacial score (nSPS) is 18.6. The highest BCUT2D eigenvalue weighted by Crippen LogP contribution is 2.29. The SMILES string of the molecule is NCC1CCCN1c1nc2ccccc2cc1C(N)=O. The molecule has 104 valence electrons. The number of hydrogen-bond donors (Lipinski definition) is 2. The van der Waals surface area contributed by atoms with Gasteiger partial charge in [0.1, 0.15) is 5.82 Å². The zero-order chi connectivity index (χ0) is 14.1. The van der Waals surface area contributed by atoms with Crippen molar-refractivity contribution in [2.45, 2.75) is 18.9 Å². The fourth-order valence-electron chi connectivity index (χ4n) is 2.87. The smallest absolute Gasteiger partial charge is 0.252 e. The summed E-state index contributed by atoms with van der Waals surface area (Å²) in [5.41, 5.74) is 12.7. The van der Waals surface area contributed by atoms with Crippen LogP contribution in [0, 0.1) is 0 Å². The van der Waals surface area contributed by atoms with Gasteiger partial charge in [0.15, 0.2) is 0 Å². The minimum atomic E-state index is -0.444. The van der Waals surface area contributed by atoms with Gasteiger partial charge in [-0.1, -0.05) is 18.2 Å². The first-order chi connectivity index (χ1) is 9.70. The quantitative estimate of drug-likeness (QED) is 0.879. The number of rotatable bonds is 3. The average molecular weight is 270 g/mol.